The average molecular weight is 976 g/mol. The van der Waals surface area contributed by atoms with Gasteiger partial charge in [0.25, 0.3) is 0 Å². The van der Waals surface area contributed by atoms with E-state index < -0.39 is 124 Å². The summed E-state index contributed by atoms with van der Waals surface area (Å²) < 4.78 is 34.0. The Bertz CT molecular complexity index is 1450. The Morgan fingerprint density at radius 1 is 0.544 bits per heavy atom. The Labute approximate surface area is 402 Å². The molecule has 0 aromatic heterocycles. The van der Waals surface area contributed by atoms with Crippen LogP contribution in [-0.2, 0) is 33.2 Å². The second-order valence-electron chi connectivity index (χ2n) is 17.9. The topological polar surface area (TPSA) is 307 Å². The third-order valence-corrected chi connectivity index (χ3v) is 12.4. The average Bonchev–Trinajstić information content (AvgIpc) is 3.33. The van der Waals surface area contributed by atoms with Crippen molar-refractivity contribution in [1.82, 2.24) is 5.32 Å². The normalized spacial score (nSPS) is 33.6. The molecule has 0 saturated carbocycles. The van der Waals surface area contributed by atoms with Crippen molar-refractivity contribution in [3.63, 3.8) is 0 Å². The lowest BCUT2D eigenvalue weighted by atomic mass is 9.96. The minimum absolute atomic E-state index is 0.220. The number of amides is 1. The fraction of sp³-hybridized carbons (Fsp3) is 0.816. The molecule has 0 bridgehead atoms. The summed E-state index contributed by atoms with van der Waals surface area (Å²) in [5, 5.41) is 119. The van der Waals surface area contributed by atoms with Gasteiger partial charge in [0.05, 0.1) is 38.6 Å². The van der Waals surface area contributed by atoms with Gasteiger partial charge in [-0.2, -0.15) is 0 Å². The summed E-state index contributed by atoms with van der Waals surface area (Å²) in [5.74, 6) is -0.306. The fourth-order valence-corrected chi connectivity index (χ4v) is 8.22. The van der Waals surface area contributed by atoms with Crippen LogP contribution in [0.1, 0.15) is 123 Å². The maximum atomic E-state index is 13.2. The van der Waals surface area contributed by atoms with E-state index >= 15 is 0 Å². The van der Waals surface area contributed by atoms with Crippen molar-refractivity contribution in [1.29, 1.82) is 0 Å². The van der Waals surface area contributed by atoms with E-state index in [1.54, 1.807) is 12.2 Å². The molecular weight excluding hydrogens is 891 g/mol. The van der Waals surface area contributed by atoms with Crippen LogP contribution in [-0.4, -0.2) is 193 Å². The van der Waals surface area contributed by atoms with E-state index in [2.05, 4.69) is 42.6 Å². The fourth-order valence-electron chi connectivity index (χ4n) is 8.22. The van der Waals surface area contributed by atoms with Crippen molar-refractivity contribution in [2.24, 2.45) is 0 Å². The summed E-state index contributed by atoms with van der Waals surface area (Å²) in [6.45, 7) is 1.38. The van der Waals surface area contributed by atoms with E-state index in [9.17, 15) is 61.0 Å². The maximum Gasteiger partial charge on any atom is 0.220 e. The molecule has 17 atom stereocenters. The van der Waals surface area contributed by atoms with Crippen molar-refractivity contribution in [3.05, 3.63) is 48.6 Å². The van der Waals surface area contributed by atoms with Gasteiger partial charge in [0, 0.05) is 6.42 Å². The zero-order valence-corrected chi connectivity index (χ0v) is 40.1. The Morgan fingerprint density at radius 3 is 1.56 bits per heavy atom. The number of carbonyl (C=O) groups is 1. The molecule has 3 rings (SSSR count). The van der Waals surface area contributed by atoms with E-state index in [0.717, 1.165) is 57.8 Å². The van der Waals surface area contributed by atoms with Gasteiger partial charge in [-0.1, -0.05) is 100 Å². The summed E-state index contributed by atoms with van der Waals surface area (Å²) >= 11 is 0. The van der Waals surface area contributed by atoms with E-state index in [1.165, 1.54) is 32.1 Å². The van der Waals surface area contributed by atoms with Crippen LogP contribution >= 0.6 is 0 Å². The predicted molar refractivity (Wildman–Crippen MR) is 249 cm³/mol. The van der Waals surface area contributed by atoms with Crippen LogP contribution in [0.4, 0.5) is 0 Å². The molecule has 3 heterocycles. The molecule has 0 aromatic rings. The molecule has 3 fully saturated rings. The summed E-state index contributed by atoms with van der Waals surface area (Å²) in [7, 11) is 0. The number of hydrogen-bond donors (Lipinski definition) is 12. The highest BCUT2D eigenvalue weighted by atomic mass is 16.8. The minimum atomic E-state index is -1.98. The first-order chi connectivity index (χ1) is 32.8. The number of nitrogens with one attached hydrogen (secondary N) is 1. The molecule has 19 heteroatoms. The van der Waals surface area contributed by atoms with Gasteiger partial charge in [-0.25, -0.2) is 0 Å². The van der Waals surface area contributed by atoms with Crippen molar-refractivity contribution >= 4 is 5.91 Å². The third-order valence-electron chi connectivity index (χ3n) is 12.4. The van der Waals surface area contributed by atoms with E-state index in [0.29, 0.717) is 12.8 Å². The molecular formula is C49H85NO18. The van der Waals surface area contributed by atoms with Gasteiger partial charge in [-0.3, -0.25) is 4.79 Å². The Kier molecular flexibility index (Phi) is 30.2. The molecule has 19 nitrogen and oxygen atoms in total. The van der Waals surface area contributed by atoms with Crippen LogP contribution in [0.25, 0.3) is 0 Å². The molecule has 0 aliphatic carbocycles. The molecule has 3 saturated heterocycles. The molecule has 3 aliphatic rings. The summed E-state index contributed by atoms with van der Waals surface area (Å²) in [6, 6.07) is -0.996. The highest BCUT2D eigenvalue weighted by Gasteiger charge is 2.53. The standard InChI is InChI=1S/C49H85NO18/c1-3-5-7-9-11-13-14-15-16-17-19-21-23-25-27-37(55)50-32(33(54)26-24-22-20-18-12-10-8-6-4-2)31-63-47-43(61)40(58)45(35(29-52)65-47)68-49-44(62)41(59)46(36(30-53)66-49)67-48-42(60)39(57)38(56)34(28-51)64-48/h4,6,12,14-15,18,24,26,32-36,38-49,51-54,56-62H,3,5,7-11,13,16-17,19-23,25,27-31H2,1-2H3,(H,50,55)/b6-4+,15-14-,18-12+,26-24+. The van der Waals surface area contributed by atoms with Gasteiger partial charge in [0.15, 0.2) is 18.9 Å². The van der Waals surface area contributed by atoms with Gasteiger partial charge < -0.3 is 89.9 Å². The molecule has 0 spiro atoms. The lowest BCUT2D eigenvalue weighted by Gasteiger charge is -2.48. The Hall–Kier alpha value is -2.25. The number of unbranched alkanes of at least 4 members (excludes halogenated alkanes) is 12. The SMILES string of the molecule is C/C=C/CC/C=C/CC/C=C/C(O)C(COC1OC(CO)C(OC2OC(CO)C(OC3OC(CO)C(O)C(O)C3O)C(O)C2O)C(O)C1O)NC(=O)CCCCCCC/C=C\CCCCCCC. The van der Waals surface area contributed by atoms with Crippen LogP contribution < -0.4 is 5.32 Å². The minimum Gasteiger partial charge on any atom is -0.394 e. The smallest absolute Gasteiger partial charge is 0.220 e. The van der Waals surface area contributed by atoms with Crippen LogP contribution in [0.3, 0.4) is 0 Å². The number of ether oxygens (including phenoxy) is 6. The molecule has 0 radical (unpaired) electrons. The van der Waals surface area contributed by atoms with Gasteiger partial charge in [0.1, 0.15) is 73.2 Å². The zero-order valence-electron chi connectivity index (χ0n) is 40.1. The molecule has 12 N–H and O–H groups in total. The van der Waals surface area contributed by atoms with E-state index in [4.69, 9.17) is 28.4 Å². The maximum absolute atomic E-state index is 13.2. The quantitative estimate of drug-likeness (QED) is 0.0325. The zero-order chi connectivity index (χ0) is 49.8. The van der Waals surface area contributed by atoms with Crippen LogP contribution in [0.2, 0.25) is 0 Å². The van der Waals surface area contributed by atoms with Gasteiger partial charge >= 0.3 is 0 Å². The number of aliphatic hydroxyl groups excluding tert-OH is 11. The highest BCUT2D eigenvalue weighted by molar-refractivity contribution is 5.76. The molecule has 1 amide bonds. The van der Waals surface area contributed by atoms with E-state index in [-0.39, 0.29) is 18.9 Å². The number of aliphatic hydroxyl groups is 11. The molecule has 3 aliphatic heterocycles. The summed E-state index contributed by atoms with van der Waals surface area (Å²) in [5.41, 5.74) is 0. The first kappa shape index (κ1) is 60.1. The lowest BCUT2D eigenvalue weighted by molar-refractivity contribution is -0.379. The number of allylic oxidation sites excluding steroid dienone is 7. The lowest BCUT2D eigenvalue weighted by Crippen LogP contribution is -2.66. The van der Waals surface area contributed by atoms with Gasteiger partial charge in [0.2, 0.25) is 5.91 Å². The highest BCUT2D eigenvalue weighted by Crippen LogP contribution is 2.33. The third kappa shape index (κ3) is 20.1. The van der Waals surface area contributed by atoms with Crippen LogP contribution in [0.15, 0.2) is 48.6 Å². The van der Waals surface area contributed by atoms with Crippen molar-refractivity contribution in [2.75, 3.05) is 26.4 Å². The number of hydrogen-bond acceptors (Lipinski definition) is 18. The summed E-state index contributed by atoms with van der Waals surface area (Å²) in [4.78, 5) is 13.2. The summed E-state index contributed by atoms with van der Waals surface area (Å²) in [6.07, 6.45) is 5.85. The number of carbonyl (C=O) groups excluding carboxylic acids is 1. The Balaban J connectivity index is 1.57. The molecule has 394 valence electrons. The first-order valence-corrected chi connectivity index (χ1v) is 24.9. The first-order valence-electron chi connectivity index (χ1n) is 24.9. The molecule has 0 aromatic carbocycles. The molecule has 68 heavy (non-hydrogen) atoms. The van der Waals surface area contributed by atoms with Crippen LogP contribution in [0.5, 0.6) is 0 Å². The van der Waals surface area contributed by atoms with Crippen LogP contribution in [0, 0.1) is 0 Å². The molecule has 17 unspecified atom stereocenters. The van der Waals surface area contributed by atoms with Gasteiger partial charge in [-0.05, 0) is 64.7 Å². The van der Waals surface area contributed by atoms with Crippen molar-refractivity contribution in [2.45, 2.75) is 227 Å². The van der Waals surface area contributed by atoms with Crippen molar-refractivity contribution in [3.8, 4) is 0 Å². The number of rotatable bonds is 33. The Morgan fingerprint density at radius 2 is 1.00 bits per heavy atom. The second-order valence-corrected chi connectivity index (χ2v) is 17.9. The van der Waals surface area contributed by atoms with E-state index in [1.807, 2.05) is 13.0 Å². The monoisotopic (exact) mass is 976 g/mol. The second kappa shape index (κ2) is 34.2. The van der Waals surface area contributed by atoms with Crippen molar-refractivity contribution < 1.29 is 89.4 Å². The van der Waals surface area contributed by atoms with Gasteiger partial charge in [-0.15, -0.1) is 0 Å². The largest absolute Gasteiger partial charge is 0.394 e. The predicted octanol–water partition coefficient (Wildman–Crippen LogP) is 1.19.